The van der Waals surface area contributed by atoms with Gasteiger partial charge >= 0.3 is 11.9 Å². The van der Waals surface area contributed by atoms with Crippen LogP contribution in [0, 0.1) is 0 Å². The third-order valence-corrected chi connectivity index (χ3v) is 1.71. The predicted octanol–water partition coefficient (Wildman–Crippen LogP) is 1.42. The van der Waals surface area contributed by atoms with Crippen LogP contribution in [0.4, 0.5) is 0 Å². The summed E-state index contributed by atoms with van der Waals surface area (Å²) in [6.45, 7) is 2.89. The lowest BCUT2D eigenvalue weighted by Crippen LogP contribution is -1.98. The Morgan fingerprint density at radius 1 is 0.857 bits per heavy atom. The second-order valence-electron chi connectivity index (χ2n) is 3.62. The molecule has 0 N–H and O–H groups in total. The Morgan fingerprint density at radius 2 is 1.14 bits per heavy atom. The summed E-state index contributed by atoms with van der Waals surface area (Å²) in [6.07, 6.45) is 4.83. The highest BCUT2D eigenvalue weighted by Crippen LogP contribution is 2.23. The third-order valence-electron chi connectivity index (χ3n) is 1.71. The summed E-state index contributed by atoms with van der Waals surface area (Å²) in [7, 11) is 0. The first-order chi connectivity index (χ1) is 6.58. The molecule has 4 heteroatoms. The van der Waals surface area contributed by atoms with Gasteiger partial charge in [-0.3, -0.25) is 9.59 Å². The second kappa shape index (κ2) is 4.98. The summed E-state index contributed by atoms with van der Waals surface area (Å²) in [5, 5.41) is 0. The molecule has 0 aliphatic heterocycles. The smallest absolute Gasteiger partial charge is 0.302 e. The largest absolute Gasteiger partial charge is 0.463 e. The zero-order valence-corrected chi connectivity index (χ0v) is 8.62. The maximum absolute atomic E-state index is 10.1. The van der Waals surface area contributed by atoms with Crippen molar-refractivity contribution in [2.45, 2.75) is 51.7 Å². The van der Waals surface area contributed by atoms with Gasteiger partial charge in [-0.05, 0) is 25.7 Å². The number of esters is 2. The molecule has 14 heavy (non-hydrogen) atoms. The standard InChI is InChI=1S/2C5H8O2/c2*1-4(6)7-5-2-3-5/h2*5H,2-3H2,1H3. The van der Waals surface area contributed by atoms with E-state index in [2.05, 4.69) is 0 Å². The van der Waals surface area contributed by atoms with Gasteiger partial charge in [-0.15, -0.1) is 0 Å². The van der Waals surface area contributed by atoms with E-state index in [-0.39, 0.29) is 24.1 Å². The average Bonchev–Trinajstić information content (AvgIpc) is 2.82. The van der Waals surface area contributed by atoms with Gasteiger partial charge in [0.05, 0.1) is 0 Å². The fraction of sp³-hybridized carbons (Fsp3) is 0.800. The van der Waals surface area contributed by atoms with Crippen molar-refractivity contribution in [1.29, 1.82) is 0 Å². The Morgan fingerprint density at radius 3 is 1.21 bits per heavy atom. The molecule has 0 bridgehead atoms. The van der Waals surface area contributed by atoms with E-state index in [9.17, 15) is 9.59 Å². The lowest BCUT2D eigenvalue weighted by Gasteiger charge is -1.92. The van der Waals surface area contributed by atoms with Crippen LogP contribution in [0.5, 0.6) is 0 Å². The molecular formula is C10H16O4. The lowest BCUT2D eigenvalue weighted by molar-refractivity contribution is -0.143. The highest BCUT2D eigenvalue weighted by atomic mass is 16.6. The molecule has 4 nitrogen and oxygen atoms in total. The van der Waals surface area contributed by atoms with E-state index in [0.717, 1.165) is 25.7 Å². The Hall–Kier alpha value is -1.06. The maximum Gasteiger partial charge on any atom is 0.302 e. The minimum Gasteiger partial charge on any atom is -0.463 e. The van der Waals surface area contributed by atoms with E-state index in [1.165, 1.54) is 13.8 Å². The monoisotopic (exact) mass is 200 g/mol. The van der Waals surface area contributed by atoms with E-state index in [1.54, 1.807) is 0 Å². The number of hydrogen-bond donors (Lipinski definition) is 0. The summed E-state index contributed by atoms with van der Waals surface area (Å²) in [5.74, 6) is -0.301. The maximum atomic E-state index is 10.1. The van der Waals surface area contributed by atoms with Crippen LogP contribution in [0.25, 0.3) is 0 Å². The third kappa shape index (κ3) is 6.46. The van der Waals surface area contributed by atoms with Crippen molar-refractivity contribution in [2.75, 3.05) is 0 Å². The summed E-state index contributed by atoms with van der Waals surface area (Å²) in [6, 6.07) is 0. The van der Waals surface area contributed by atoms with Gasteiger partial charge in [0.15, 0.2) is 0 Å². The summed E-state index contributed by atoms with van der Waals surface area (Å²) >= 11 is 0. The summed E-state index contributed by atoms with van der Waals surface area (Å²) < 4.78 is 9.44. The van der Waals surface area contributed by atoms with Gasteiger partial charge in [0.25, 0.3) is 0 Å². The number of carbonyl (C=O) groups excluding carboxylic acids is 2. The molecule has 0 aromatic heterocycles. The quantitative estimate of drug-likeness (QED) is 0.633. The van der Waals surface area contributed by atoms with Crippen LogP contribution in [0.15, 0.2) is 0 Å². The first-order valence-electron chi connectivity index (χ1n) is 4.92. The van der Waals surface area contributed by atoms with Crippen molar-refractivity contribution in [3.63, 3.8) is 0 Å². The highest BCUT2D eigenvalue weighted by molar-refractivity contribution is 5.66. The Bertz CT molecular complexity index is 192. The fourth-order valence-corrected chi connectivity index (χ4v) is 0.841. The fourth-order valence-electron chi connectivity index (χ4n) is 0.841. The van der Waals surface area contributed by atoms with Crippen molar-refractivity contribution in [2.24, 2.45) is 0 Å². The minimum absolute atomic E-state index is 0.150. The molecule has 0 radical (unpaired) electrons. The van der Waals surface area contributed by atoms with Crippen LogP contribution in [-0.4, -0.2) is 24.1 Å². The van der Waals surface area contributed by atoms with Crippen LogP contribution < -0.4 is 0 Å². The van der Waals surface area contributed by atoms with E-state index >= 15 is 0 Å². The van der Waals surface area contributed by atoms with E-state index in [0.29, 0.717) is 0 Å². The molecule has 2 rings (SSSR count). The molecule has 0 aromatic carbocycles. The number of ether oxygens (including phenoxy) is 2. The van der Waals surface area contributed by atoms with Crippen LogP contribution in [-0.2, 0) is 19.1 Å². The number of rotatable bonds is 2. The Kier molecular flexibility index (Phi) is 3.92. The zero-order valence-electron chi connectivity index (χ0n) is 8.62. The van der Waals surface area contributed by atoms with Gasteiger partial charge in [-0.1, -0.05) is 0 Å². The van der Waals surface area contributed by atoms with Gasteiger partial charge in [0, 0.05) is 13.8 Å². The SMILES string of the molecule is CC(=O)OC1CC1.CC(=O)OC1CC1. The van der Waals surface area contributed by atoms with Gasteiger partial charge < -0.3 is 9.47 Å². The summed E-state index contributed by atoms with van der Waals surface area (Å²) in [5.41, 5.74) is 0. The van der Waals surface area contributed by atoms with E-state index < -0.39 is 0 Å². The Balaban J connectivity index is 0.000000140. The minimum atomic E-state index is -0.150. The molecule has 2 aliphatic rings. The molecule has 0 atom stereocenters. The molecule has 0 amide bonds. The molecule has 0 saturated heterocycles. The normalized spacial score (nSPS) is 19.0. The molecule has 0 unspecified atom stereocenters. The molecule has 2 saturated carbocycles. The topological polar surface area (TPSA) is 52.6 Å². The van der Waals surface area contributed by atoms with Crippen LogP contribution in [0.3, 0.4) is 0 Å². The van der Waals surface area contributed by atoms with Crippen LogP contribution in [0.2, 0.25) is 0 Å². The average molecular weight is 200 g/mol. The van der Waals surface area contributed by atoms with Crippen molar-refractivity contribution in [1.82, 2.24) is 0 Å². The van der Waals surface area contributed by atoms with E-state index in [4.69, 9.17) is 9.47 Å². The molecule has 0 heterocycles. The van der Waals surface area contributed by atoms with Crippen molar-refractivity contribution < 1.29 is 19.1 Å². The van der Waals surface area contributed by atoms with Crippen molar-refractivity contribution >= 4 is 11.9 Å². The van der Waals surface area contributed by atoms with Gasteiger partial charge in [-0.2, -0.15) is 0 Å². The molecule has 80 valence electrons. The van der Waals surface area contributed by atoms with Gasteiger partial charge in [0.1, 0.15) is 12.2 Å². The highest BCUT2D eigenvalue weighted by Gasteiger charge is 2.24. The zero-order chi connectivity index (χ0) is 10.6. The first-order valence-corrected chi connectivity index (χ1v) is 4.92. The van der Waals surface area contributed by atoms with Crippen LogP contribution in [0.1, 0.15) is 39.5 Å². The second-order valence-corrected chi connectivity index (χ2v) is 3.62. The van der Waals surface area contributed by atoms with Crippen molar-refractivity contribution in [3.8, 4) is 0 Å². The molecule has 0 aromatic rings. The molecule has 2 aliphatic carbocycles. The van der Waals surface area contributed by atoms with E-state index in [1.807, 2.05) is 0 Å². The Labute approximate surface area is 83.6 Å². The van der Waals surface area contributed by atoms with Gasteiger partial charge in [0.2, 0.25) is 0 Å². The van der Waals surface area contributed by atoms with Gasteiger partial charge in [-0.25, -0.2) is 0 Å². The summed E-state index contributed by atoms with van der Waals surface area (Å²) in [4.78, 5) is 20.1. The van der Waals surface area contributed by atoms with Crippen molar-refractivity contribution in [3.05, 3.63) is 0 Å². The predicted molar refractivity (Wildman–Crippen MR) is 49.6 cm³/mol. The lowest BCUT2D eigenvalue weighted by atomic mass is 10.7. The molecular weight excluding hydrogens is 184 g/mol. The molecule has 2 fully saturated rings. The first kappa shape index (κ1) is 11.0. The van der Waals surface area contributed by atoms with Crippen LogP contribution >= 0.6 is 0 Å². The number of hydrogen-bond acceptors (Lipinski definition) is 4. The molecule has 0 spiro atoms. The number of carbonyl (C=O) groups is 2.